The Balaban J connectivity index is 0.00000225. The number of methoxy groups -OCH3 is 1. The minimum atomic E-state index is 0. The predicted molar refractivity (Wildman–Crippen MR) is 104 cm³/mol. The summed E-state index contributed by atoms with van der Waals surface area (Å²) in [6, 6.07) is 8.60. The molecule has 2 aliphatic rings. The minimum absolute atomic E-state index is 0. The van der Waals surface area contributed by atoms with E-state index >= 15 is 0 Å². The van der Waals surface area contributed by atoms with E-state index in [0.717, 1.165) is 43.2 Å². The number of nitrogens with zero attached hydrogens (tertiary/aromatic N) is 1. The molecule has 4 nitrogen and oxygen atoms in total. The zero-order valence-corrected chi connectivity index (χ0v) is 16.2. The lowest BCUT2D eigenvalue weighted by Crippen LogP contribution is -2.45. The maximum atomic E-state index is 12.6. The fourth-order valence-corrected chi connectivity index (χ4v) is 3.56. The first kappa shape index (κ1) is 20.1. The normalized spacial score (nSPS) is 19.2. The lowest BCUT2D eigenvalue weighted by atomic mass is 9.95. The molecule has 0 aromatic heterocycles. The van der Waals surface area contributed by atoms with Crippen molar-refractivity contribution < 1.29 is 9.53 Å². The zero-order valence-electron chi connectivity index (χ0n) is 15.4. The number of nitrogens with one attached hydrogen (secondary N) is 1. The summed E-state index contributed by atoms with van der Waals surface area (Å²) in [4.78, 5) is 14.7. The summed E-state index contributed by atoms with van der Waals surface area (Å²) in [6.07, 6.45) is 5.51. The van der Waals surface area contributed by atoms with Crippen molar-refractivity contribution in [3.8, 4) is 5.75 Å². The van der Waals surface area contributed by atoms with Crippen molar-refractivity contribution in [2.45, 2.75) is 51.0 Å². The van der Waals surface area contributed by atoms with Crippen LogP contribution >= 0.6 is 12.4 Å². The SMILES string of the molecule is COc1ccccc1C(C)CC(=O)N1CCC(NCC2CC2)CC1.Cl. The van der Waals surface area contributed by atoms with Gasteiger partial charge in [0, 0.05) is 25.6 Å². The van der Waals surface area contributed by atoms with Crippen LogP contribution in [-0.2, 0) is 4.79 Å². The minimum Gasteiger partial charge on any atom is -0.496 e. The van der Waals surface area contributed by atoms with Crippen LogP contribution in [0.4, 0.5) is 0 Å². The second kappa shape index (κ2) is 9.44. The first-order chi connectivity index (χ1) is 11.7. The molecule has 1 N–H and O–H groups in total. The van der Waals surface area contributed by atoms with Gasteiger partial charge in [0.1, 0.15) is 5.75 Å². The molecule has 1 amide bonds. The van der Waals surface area contributed by atoms with Gasteiger partial charge in [-0.05, 0) is 55.7 Å². The summed E-state index contributed by atoms with van der Waals surface area (Å²) >= 11 is 0. The van der Waals surface area contributed by atoms with E-state index in [1.165, 1.54) is 19.4 Å². The Kier molecular flexibility index (Phi) is 7.57. The molecular weight excluding hydrogens is 336 g/mol. The van der Waals surface area contributed by atoms with Gasteiger partial charge in [-0.25, -0.2) is 0 Å². The Hall–Kier alpha value is -1.26. The molecule has 1 aliphatic carbocycles. The highest BCUT2D eigenvalue weighted by Gasteiger charge is 2.26. The van der Waals surface area contributed by atoms with E-state index in [0.29, 0.717) is 12.5 Å². The number of halogens is 1. The van der Waals surface area contributed by atoms with E-state index in [-0.39, 0.29) is 24.2 Å². The number of ether oxygens (including phenoxy) is 1. The average Bonchev–Trinajstić information content (AvgIpc) is 3.44. The molecule has 140 valence electrons. The monoisotopic (exact) mass is 366 g/mol. The fourth-order valence-electron chi connectivity index (χ4n) is 3.56. The molecule has 2 fully saturated rings. The highest BCUT2D eigenvalue weighted by molar-refractivity contribution is 5.85. The Labute approximate surface area is 157 Å². The lowest BCUT2D eigenvalue weighted by Gasteiger charge is -2.33. The van der Waals surface area contributed by atoms with Gasteiger partial charge in [0.05, 0.1) is 7.11 Å². The molecular formula is C20H31ClN2O2. The number of benzene rings is 1. The molecule has 5 heteroatoms. The predicted octanol–water partition coefficient (Wildman–Crippen LogP) is 3.60. The van der Waals surface area contributed by atoms with Crippen LogP contribution in [0.2, 0.25) is 0 Å². The van der Waals surface area contributed by atoms with Crippen LogP contribution in [0, 0.1) is 5.92 Å². The smallest absolute Gasteiger partial charge is 0.223 e. The third kappa shape index (κ3) is 5.61. The summed E-state index contributed by atoms with van der Waals surface area (Å²) in [5.41, 5.74) is 1.12. The van der Waals surface area contributed by atoms with Crippen molar-refractivity contribution >= 4 is 18.3 Å². The maximum absolute atomic E-state index is 12.6. The Morgan fingerprint density at radius 2 is 1.92 bits per heavy atom. The molecule has 0 bridgehead atoms. The molecule has 1 aliphatic heterocycles. The van der Waals surface area contributed by atoms with Crippen molar-refractivity contribution in [2.24, 2.45) is 5.92 Å². The topological polar surface area (TPSA) is 41.6 Å². The average molecular weight is 367 g/mol. The molecule has 1 saturated carbocycles. The van der Waals surface area contributed by atoms with E-state index in [4.69, 9.17) is 4.74 Å². The van der Waals surface area contributed by atoms with E-state index in [2.05, 4.69) is 18.3 Å². The number of amides is 1. The van der Waals surface area contributed by atoms with Gasteiger partial charge < -0.3 is 15.0 Å². The Morgan fingerprint density at radius 3 is 2.56 bits per heavy atom. The number of hydrogen-bond acceptors (Lipinski definition) is 3. The number of carbonyl (C=O) groups excluding carboxylic acids is 1. The van der Waals surface area contributed by atoms with Gasteiger partial charge in [-0.3, -0.25) is 4.79 Å². The van der Waals surface area contributed by atoms with Gasteiger partial charge in [0.25, 0.3) is 0 Å². The fraction of sp³-hybridized carbons (Fsp3) is 0.650. The first-order valence-corrected chi connectivity index (χ1v) is 9.31. The standard InChI is InChI=1S/C20H30N2O2.ClH/c1-15(18-5-3-4-6-19(18)24-2)13-20(23)22-11-9-17(10-12-22)21-14-16-7-8-16;/h3-6,15-17,21H,7-14H2,1-2H3;1H. The van der Waals surface area contributed by atoms with Crippen LogP contribution in [0.3, 0.4) is 0 Å². The quantitative estimate of drug-likeness (QED) is 0.801. The number of para-hydroxylation sites is 1. The van der Waals surface area contributed by atoms with Crippen LogP contribution in [0.1, 0.15) is 50.5 Å². The van der Waals surface area contributed by atoms with Crippen LogP contribution in [0.15, 0.2) is 24.3 Å². The van der Waals surface area contributed by atoms with E-state index < -0.39 is 0 Å². The summed E-state index contributed by atoms with van der Waals surface area (Å²) < 4.78 is 5.43. The summed E-state index contributed by atoms with van der Waals surface area (Å²) in [7, 11) is 1.69. The molecule has 1 atom stereocenters. The Morgan fingerprint density at radius 1 is 1.24 bits per heavy atom. The van der Waals surface area contributed by atoms with Gasteiger partial charge in [0.2, 0.25) is 5.91 Å². The van der Waals surface area contributed by atoms with E-state index in [1.807, 2.05) is 23.1 Å². The number of likely N-dealkylation sites (tertiary alicyclic amines) is 1. The van der Waals surface area contributed by atoms with E-state index in [1.54, 1.807) is 7.11 Å². The number of rotatable bonds is 7. The maximum Gasteiger partial charge on any atom is 0.223 e. The highest BCUT2D eigenvalue weighted by Crippen LogP contribution is 2.30. The van der Waals surface area contributed by atoms with Crippen molar-refractivity contribution in [3.05, 3.63) is 29.8 Å². The summed E-state index contributed by atoms with van der Waals surface area (Å²) in [6.45, 7) is 5.06. The molecule has 1 saturated heterocycles. The van der Waals surface area contributed by atoms with Crippen LogP contribution in [0.5, 0.6) is 5.75 Å². The molecule has 0 spiro atoms. The lowest BCUT2D eigenvalue weighted by molar-refractivity contribution is -0.132. The van der Waals surface area contributed by atoms with E-state index in [9.17, 15) is 4.79 Å². The molecule has 1 aromatic carbocycles. The van der Waals surface area contributed by atoms with Gasteiger partial charge in [-0.2, -0.15) is 0 Å². The number of carbonyl (C=O) groups is 1. The number of piperidine rings is 1. The molecule has 0 radical (unpaired) electrons. The second-order valence-corrected chi connectivity index (χ2v) is 7.35. The van der Waals surface area contributed by atoms with Gasteiger partial charge in [-0.1, -0.05) is 25.1 Å². The highest BCUT2D eigenvalue weighted by atomic mass is 35.5. The zero-order chi connectivity index (χ0) is 16.9. The van der Waals surface area contributed by atoms with Crippen molar-refractivity contribution in [2.75, 3.05) is 26.7 Å². The van der Waals surface area contributed by atoms with Gasteiger partial charge in [0.15, 0.2) is 0 Å². The molecule has 25 heavy (non-hydrogen) atoms. The molecule has 1 aromatic rings. The summed E-state index contributed by atoms with van der Waals surface area (Å²) in [5.74, 6) is 2.25. The largest absolute Gasteiger partial charge is 0.496 e. The van der Waals surface area contributed by atoms with Crippen molar-refractivity contribution in [1.82, 2.24) is 10.2 Å². The van der Waals surface area contributed by atoms with Crippen LogP contribution < -0.4 is 10.1 Å². The Bertz CT molecular complexity index is 554. The van der Waals surface area contributed by atoms with Crippen molar-refractivity contribution in [3.63, 3.8) is 0 Å². The first-order valence-electron chi connectivity index (χ1n) is 9.31. The third-order valence-corrected chi connectivity index (χ3v) is 5.39. The number of hydrogen-bond donors (Lipinski definition) is 1. The molecule has 3 rings (SSSR count). The molecule has 1 heterocycles. The van der Waals surface area contributed by atoms with Crippen molar-refractivity contribution in [1.29, 1.82) is 0 Å². The van der Waals surface area contributed by atoms with Gasteiger partial charge in [-0.15, -0.1) is 12.4 Å². The molecule has 1 unspecified atom stereocenters. The van der Waals surface area contributed by atoms with Crippen LogP contribution in [0.25, 0.3) is 0 Å². The summed E-state index contributed by atoms with van der Waals surface area (Å²) in [5, 5.41) is 3.67. The van der Waals surface area contributed by atoms with Gasteiger partial charge >= 0.3 is 0 Å². The third-order valence-electron chi connectivity index (χ3n) is 5.39. The van der Waals surface area contributed by atoms with Crippen LogP contribution in [-0.4, -0.2) is 43.6 Å². The second-order valence-electron chi connectivity index (χ2n) is 7.35.